The van der Waals surface area contributed by atoms with E-state index in [1.807, 2.05) is 16.7 Å². The second kappa shape index (κ2) is 7.63. The summed E-state index contributed by atoms with van der Waals surface area (Å²) in [5.74, 6) is 1.74. The topological polar surface area (TPSA) is 81.5 Å². The summed E-state index contributed by atoms with van der Waals surface area (Å²) in [6, 6.07) is 4.81. The first-order chi connectivity index (χ1) is 11.7. The lowest BCUT2D eigenvalue weighted by Gasteiger charge is -2.24. The molecular weight excluding hydrogens is 333 g/mol. The molecule has 2 heterocycles. The number of benzene rings is 1. The highest BCUT2D eigenvalue weighted by Gasteiger charge is 2.32. The highest BCUT2D eigenvalue weighted by molar-refractivity contribution is 7.99. The van der Waals surface area contributed by atoms with Gasteiger partial charge in [-0.15, -0.1) is 0 Å². The number of rotatable bonds is 4. The van der Waals surface area contributed by atoms with Gasteiger partial charge in [-0.05, 0) is 35.9 Å². The quantitative estimate of drug-likeness (QED) is 0.473. The van der Waals surface area contributed by atoms with Gasteiger partial charge >= 0.3 is 6.09 Å². The van der Waals surface area contributed by atoms with Crippen molar-refractivity contribution in [2.45, 2.75) is 12.5 Å². The first kappa shape index (κ1) is 16.7. The number of cyclic esters (lactones) is 1. The van der Waals surface area contributed by atoms with E-state index in [4.69, 9.17) is 10.3 Å². The molecule has 24 heavy (non-hydrogen) atoms. The van der Waals surface area contributed by atoms with Crippen LogP contribution in [0, 0.1) is 5.82 Å². The van der Waals surface area contributed by atoms with Crippen molar-refractivity contribution in [2.75, 3.05) is 47.5 Å². The van der Waals surface area contributed by atoms with Crippen molar-refractivity contribution in [3.05, 3.63) is 34.5 Å². The number of carbonyl (C=O) groups excluding carboxylic acids is 1. The van der Waals surface area contributed by atoms with Gasteiger partial charge in [0.25, 0.3) is 0 Å². The number of hydrogen-bond donors (Lipinski definition) is 0. The normalized spacial score (nSPS) is 21.2. The van der Waals surface area contributed by atoms with E-state index in [2.05, 4.69) is 10.0 Å². The molecule has 1 aromatic carbocycles. The van der Waals surface area contributed by atoms with Gasteiger partial charge in [0.2, 0.25) is 0 Å². The number of nitrogens with zero attached hydrogens (tertiary/aromatic N) is 5. The summed E-state index contributed by atoms with van der Waals surface area (Å²) in [7, 11) is 0. The number of halogens is 1. The van der Waals surface area contributed by atoms with E-state index in [0.29, 0.717) is 11.4 Å². The number of anilines is 2. The average molecular weight is 351 g/mol. The Morgan fingerprint density at radius 3 is 3.08 bits per heavy atom. The summed E-state index contributed by atoms with van der Waals surface area (Å²) in [4.78, 5) is 18.0. The molecule has 0 spiro atoms. The fourth-order valence-corrected chi connectivity index (χ4v) is 3.75. The highest BCUT2D eigenvalue weighted by Crippen LogP contribution is 2.29. The molecule has 1 aromatic rings. The monoisotopic (exact) mass is 351 g/mol. The lowest BCUT2D eigenvalue weighted by molar-refractivity contribution is 0.145. The first-order valence-electron chi connectivity index (χ1n) is 7.80. The van der Waals surface area contributed by atoms with Crippen molar-refractivity contribution in [3.8, 4) is 0 Å². The largest absolute Gasteiger partial charge is 0.444 e. The van der Waals surface area contributed by atoms with Gasteiger partial charge in [0.15, 0.2) is 0 Å². The second-order valence-corrected chi connectivity index (χ2v) is 6.84. The summed E-state index contributed by atoms with van der Waals surface area (Å²) in [6.07, 6.45) is -0.0176. The second-order valence-electron chi connectivity index (χ2n) is 5.62. The lowest BCUT2D eigenvalue weighted by Crippen LogP contribution is -2.27. The highest BCUT2D eigenvalue weighted by atomic mass is 32.2. The number of hydrogen-bond acceptors (Lipinski definition) is 5. The molecule has 2 aliphatic rings. The van der Waals surface area contributed by atoms with Crippen LogP contribution in [-0.4, -0.2) is 49.9 Å². The molecule has 7 nitrogen and oxygen atoms in total. The van der Waals surface area contributed by atoms with E-state index < -0.39 is 12.2 Å². The summed E-state index contributed by atoms with van der Waals surface area (Å²) < 4.78 is 19.7. The van der Waals surface area contributed by atoms with Gasteiger partial charge in [0.1, 0.15) is 11.9 Å². The van der Waals surface area contributed by atoms with E-state index in [0.717, 1.165) is 31.0 Å². The number of azide groups is 1. The van der Waals surface area contributed by atoms with Gasteiger partial charge in [-0.3, -0.25) is 4.90 Å². The SMILES string of the molecule is [N-]=[N+]=NC[C@H]1CN(c2ccc(N3CCCSCC3)c(F)c2)C(=O)O1. The molecule has 0 N–H and O–H groups in total. The smallest absolute Gasteiger partial charge is 0.414 e. The Morgan fingerprint density at radius 2 is 2.29 bits per heavy atom. The van der Waals surface area contributed by atoms with Gasteiger partial charge in [-0.25, -0.2) is 9.18 Å². The van der Waals surface area contributed by atoms with Gasteiger partial charge in [0, 0.05) is 23.8 Å². The fourth-order valence-electron chi connectivity index (χ4n) is 2.86. The molecule has 2 fully saturated rings. The fraction of sp³-hybridized carbons (Fsp3) is 0.533. The van der Waals surface area contributed by atoms with Crippen LogP contribution in [0.3, 0.4) is 0 Å². The van der Waals surface area contributed by atoms with Crippen LogP contribution in [0.15, 0.2) is 23.3 Å². The Balaban J connectivity index is 1.74. The van der Waals surface area contributed by atoms with Crippen LogP contribution in [-0.2, 0) is 4.74 Å². The maximum atomic E-state index is 14.6. The molecule has 0 aromatic heterocycles. The van der Waals surface area contributed by atoms with Crippen LogP contribution in [0.5, 0.6) is 0 Å². The Kier molecular flexibility index (Phi) is 5.32. The Hall–Kier alpha value is -2.12. The van der Waals surface area contributed by atoms with Crippen molar-refractivity contribution in [1.82, 2.24) is 0 Å². The third kappa shape index (κ3) is 3.68. The van der Waals surface area contributed by atoms with Crippen molar-refractivity contribution in [3.63, 3.8) is 0 Å². The number of ether oxygens (including phenoxy) is 1. The van der Waals surface area contributed by atoms with Crippen molar-refractivity contribution >= 4 is 29.2 Å². The Morgan fingerprint density at radius 1 is 1.42 bits per heavy atom. The van der Waals surface area contributed by atoms with E-state index in [-0.39, 0.29) is 18.9 Å². The van der Waals surface area contributed by atoms with Gasteiger partial charge < -0.3 is 9.64 Å². The van der Waals surface area contributed by atoms with Crippen molar-refractivity contribution < 1.29 is 13.9 Å². The van der Waals surface area contributed by atoms with Crippen LogP contribution in [0.1, 0.15) is 6.42 Å². The predicted molar refractivity (Wildman–Crippen MR) is 92.2 cm³/mol. The van der Waals surface area contributed by atoms with Crippen LogP contribution < -0.4 is 9.80 Å². The molecule has 2 aliphatic heterocycles. The Labute approximate surface area is 143 Å². The predicted octanol–water partition coefficient (Wildman–Crippen LogP) is 3.40. The zero-order chi connectivity index (χ0) is 16.9. The molecule has 9 heteroatoms. The maximum absolute atomic E-state index is 14.6. The summed E-state index contributed by atoms with van der Waals surface area (Å²) in [6.45, 7) is 1.98. The van der Waals surface area contributed by atoms with Crippen LogP contribution in [0.2, 0.25) is 0 Å². The number of amides is 1. The van der Waals surface area contributed by atoms with Crippen LogP contribution >= 0.6 is 11.8 Å². The molecule has 0 radical (unpaired) electrons. The molecule has 1 atom stereocenters. The van der Waals surface area contributed by atoms with Crippen LogP contribution in [0.4, 0.5) is 20.6 Å². The third-order valence-corrected chi connectivity index (χ3v) is 5.08. The van der Waals surface area contributed by atoms with Crippen LogP contribution in [0.25, 0.3) is 10.4 Å². The molecule has 1 amide bonds. The molecule has 0 unspecified atom stereocenters. The van der Waals surface area contributed by atoms with Gasteiger partial charge in [-0.1, -0.05) is 5.11 Å². The average Bonchev–Trinajstić information content (AvgIpc) is 2.77. The van der Waals surface area contributed by atoms with E-state index in [9.17, 15) is 9.18 Å². The maximum Gasteiger partial charge on any atom is 0.414 e. The standard InChI is InChI=1S/C15H18FN5O2S/c16-13-8-11(21-10-12(9-18-19-17)23-15(21)22)2-3-14(13)20-4-1-6-24-7-5-20/h2-3,8,12H,1,4-7,9-10H2/t12-/m0/s1. The Bertz CT molecular complexity index is 659. The minimum Gasteiger partial charge on any atom is -0.444 e. The number of thioether (sulfide) groups is 1. The summed E-state index contributed by atoms with van der Waals surface area (Å²) >= 11 is 1.88. The zero-order valence-electron chi connectivity index (χ0n) is 13.1. The molecule has 0 bridgehead atoms. The van der Waals surface area contributed by atoms with Gasteiger partial charge in [0.05, 0.1) is 24.5 Å². The first-order valence-corrected chi connectivity index (χ1v) is 8.96. The van der Waals surface area contributed by atoms with Gasteiger partial charge in [-0.2, -0.15) is 11.8 Å². The van der Waals surface area contributed by atoms with Crippen molar-refractivity contribution in [1.29, 1.82) is 0 Å². The molecule has 128 valence electrons. The van der Waals surface area contributed by atoms with Crippen molar-refractivity contribution in [2.24, 2.45) is 5.11 Å². The molecule has 0 aliphatic carbocycles. The van der Waals surface area contributed by atoms with E-state index >= 15 is 0 Å². The third-order valence-electron chi connectivity index (χ3n) is 4.03. The molecule has 3 rings (SSSR count). The van der Waals surface area contributed by atoms with E-state index in [1.54, 1.807) is 12.1 Å². The van der Waals surface area contributed by atoms with E-state index in [1.165, 1.54) is 11.0 Å². The minimum atomic E-state index is -0.550. The summed E-state index contributed by atoms with van der Waals surface area (Å²) in [5.41, 5.74) is 9.36. The molecule has 2 saturated heterocycles. The number of carbonyl (C=O) groups is 1. The minimum absolute atomic E-state index is 0.0742. The zero-order valence-corrected chi connectivity index (χ0v) is 13.9. The lowest BCUT2D eigenvalue weighted by atomic mass is 10.2. The summed E-state index contributed by atoms with van der Waals surface area (Å²) in [5, 5.41) is 3.41. The molecule has 0 saturated carbocycles. The molecular formula is C15H18FN5O2S.